The number of rotatable bonds is 5. The van der Waals surface area contributed by atoms with E-state index in [-0.39, 0.29) is 29.0 Å². The van der Waals surface area contributed by atoms with Crippen LogP contribution in [0.5, 0.6) is 11.5 Å². The summed E-state index contributed by atoms with van der Waals surface area (Å²) < 4.78 is 0. The third-order valence-corrected chi connectivity index (χ3v) is 2.51. The summed E-state index contributed by atoms with van der Waals surface area (Å²) >= 11 is 0. The Labute approximate surface area is 100 Å². The quantitative estimate of drug-likeness (QED) is 0.614. The Hall–Kier alpha value is -1.75. The zero-order valence-corrected chi connectivity index (χ0v) is 9.81. The zero-order valence-electron chi connectivity index (χ0n) is 9.81. The van der Waals surface area contributed by atoms with Crippen LogP contribution in [-0.4, -0.2) is 28.7 Å². The maximum atomic E-state index is 11.8. The summed E-state index contributed by atoms with van der Waals surface area (Å²) in [5.74, 6) is -0.597. The van der Waals surface area contributed by atoms with Gasteiger partial charge in [-0.1, -0.05) is 6.92 Å². The molecule has 1 amide bonds. The minimum absolute atomic E-state index is 0.0111. The molecule has 17 heavy (non-hydrogen) atoms. The number of amides is 1. The van der Waals surface area contributed by atoms with Gasteiger partial charge in [-0.3, -0.25) is 4.79 Å². The summed E-state index contributed by atoms with van der Waals surface area (Å²) in [5.41, 5.74) is 5.67. The van der Waals surface area contributed by atoms with Crippen molar-refractivity contribution < 1.29 is 15.0 Å². The van der Waals surface area contributed by atoms with Gasteiger partial charge in [0, 0.05) is 17.7 Å². The first-order chi connectivity index (χ1) is 8.06. The number of aromatic hydroxyl groups is 2. The predicted octanol–water partition coefficient (Wildman–Crippen LogP) is 0.955. The van der Waals surface area contributed by atoms with Gasteiger partial charge < -0.3 is 21.3 Å². The number of nitrogens with two attached hydrogens (primary N) is 1. The van der Waals surface area contributed by atoms with Crippen molar-refractivity contribution in [2.45, 2.75) is 25.8 Å². The summed E-state index contributed by atoms with van der Waals surface area (Å²) in [4.78, 5) is 11.8. The lowest BCUT2D eigenvalue weighted by atomic mass is 10.1. The van der Waals surface area contributed by atoms with E-state index in [0.29, 0.717) is 13.0 Å². The minimum atomic E-state index is -0.323. The van der Waals surface area contributed by atoms with E-state index in [2.05, 4.69) is 5.32 Å². The van der Waals surface area contributed by atoms with Gasteiger partial charge in [-0.25, -0.2) is 0 Å². The van der Waals surface area contributed by atoms with Crippen LogP contribution < -0.4 is 11.1 Å². The maximum Gasteiger partial charge on any atom is 0.251 e. The molecular weight excluding hydrogens is 220 g/mol. The van der Waals surface area contributed by atoms with Gasteiger partial charge in [-0.05, 0) is 31.5 Å². The highest BCUT2D eigenvalue weighted by molar-refractivity contribution is 5.95. The van der Waals surface area contributed by atoms with E-state index in [1.165, 1.54) is 18.2 Å². The SMILES string of the molecule is CCC(CCN)NC(=O)c1cc(O)cc(O)c1. The van der Waals surface area contributed by atoms with Gasteiger partial charge in [-0.15, -0.1) is 0 Å². The molecular formula is C12H18N2O3. The molecule has 5 N–H and O–H groups in total. The van der Waals surface area contributed by atoms with Crippen molar-refractivity contribution in [3.05, 3.63) is 23.8 Å². The van der Waals surface area contributed by atoms with E-state index in [9.17, 15) is 15.0 Å². The lowest BCUT2D eigenvalue weighted by Gasteiger charge is -2.16. The molecule has 1 aromatic carbocycles. The van der Waals surface area contributed by atoms with Crippen LogP contribution in [0.15, 0.2) is 18.2 Å². The first-order valence-electron chi connectivity index (χ1n) is 5.60. The topological polar surface area (TPSA) is 95.6 Å². The van der Waals surface area contributed by atoms with Crippen LogP contribution in [0.25, 0.3) is 0 Å². The molecule has 0 saturated carbocycles. The van der Waals surface area contributed by atoms with Crippen LogP contribution in [-0.2, 0) is 0 Å². The largest absolute Gasteiger partial charge is 0.508 e. The lowest BCUT2D eigenvalue weighted by molar-refractivity contribution is 0.0933. The number of phenolic OH excluding ortho intramolecular Hbond substituents is 2. The number of benzene rings is 1. The van der Waals surface area contributed by atoms with E-state index in [1.807, 2.05) is 6.92 Å². The number of carbonyl (C=O) groups excluding carboxylic acids is 1. The first kappa shape index (κ1) is 13.3. The molecule has 0 aliphatic rings. The average Bonchev–Trinajstić information content (AvgIpc) is 2.27. The number of hydrogen-bond acceptors (Lipinski definition) is 4. The second-order valence-corrected chi connectivity index (χ2v) is 3.89. The molecule has 0 fully saturated rings. The molecule has 1 rings (SSSR count). The Morgan fingerprint density at radius 3 is 2.41 bits per heavy atom. The van der Waals surface area contributed by atoms with E-state index < -0.39 is 0 Å². The van der Waals surface area contributed by atoms with Crippen LogP contribution in [0, 0.1) is 0 Å². The fourth-order valence-corrected chi connectivity index (χ4v) is 1.57. The molecule has 1 atom stereocenters. The van der Waals surface area contributed by atoms with Crippen molar-refractivity contribution in [3.63, 3.8) is 0 Å². The normalized spacial score (nSPS) is 12.1. The van der Waals surface area contributed by atoms with E-state index in [0.717, 1.165) is 6.42 Å². The van der Waals surface area contributed by atoms with E-state index in [4.69, 9.17) is 5.73 Å². The number of carbonyl (C=O) groups is 1. The Bertz CT molecular complexity index is 373. The molecule has 1 unspecified atom stereocenters. The van der Waals surface area contributed by atoms with Crippen LogP contribution in [0.3, 0.4) is 0 Å². The van der Waals surface area contributed by atoms with Gasteiger partial charge in [0.2, 0.25) is 0 Å². The average molecular weight is 238 g/mol. The third-order valence-electron chi connectivity index (χ3n) is 2.51. The van der Waals surface area contributed by atoms with E-state index >= 15 is 0 Å². The third kappa shape index (κ3) is 3.96. The molecule has 94 valence electrons. The minimum Gasteiger partial charge on any atom is -0.508 e. The van der Waals surface area contributed by atoms with Crippen molar-refractivity contribution in [3.8, 4) is 11.5 Å². The number of nitrogens with one attached hydrogen (secondary N) is 1. The van der Waals surface area contributed by atoms with Crippen LogP contribution >= 0.6 is 0 Å². The van der Waals surface area contributed by atoms with Gasteiger partial charge in [0.1, 0.15) is 11.5 Å². The molecule has 0 heterocycles. The smallest absolute Gasteiger partial charge is 0.251 e. The molecule has 0 aliphatic heterocycles. The second-order valence-electron chi connectivity index (χ2n) is 3.89. The van der Waals surface area contributed by atoms with Crippen LogP contribution in [0.2, 0.25) is 0 Å². The fraction of sp³-hybridized carbons (Fsp3) is 0.417. The van der Waals surface area contributed by atoms with Gasteiger partial charge in [0.15, 0.2) is 0 Å². The summed E-state index contributed by atoms with van der Waals surface area (Å²) in [6, 6.07) is 3.81. The highest BCUT2D eigenvalue weighted by Gasteiger charge is 2.12. The molecule has 0 bridgehead atoms. The van der Waals surface area contributed by atoms with Crippen molar-refractivity contribution >= 4 is 5.91 Å². The molecule has 0 saturated heterocycles. The van der Waals surface area contributed by atoms with Crippen molar-refractivity contribution in [1.29, 1.82) is 0 Å². The Kier molecular flexibility index (Phi) is 4.78. The van der Waals surface area contributed by atoms with Crippen LogP contribution in [0.4, 0.5) is 0 Å². The number of hydrogen-bond donors (Lipinski definition) is 4. The summed E-state index contributed by atoms with van der Waals surface area (Å²) in [5, 5.41) is 21.4. The molecule has 0 aliphatic carbocycles. The van der Waals surface area contributed by atoms with Gasteiger partial charge in [0.25, 0.3) is 5.91 Å². The Morgan fingerprint density at radius 1 is 1.35 bits per heavy atom. The van der Waals surface area contributed by atoms with Gasteiger partial charge in [-0.2, -0.15) is 0 Å². The molecule has 5 nitrogen and oxygen atoms in total. The Balaban J connectivity index is 2.75. The molecule has 1 aromatic rings. The lowest BCUT2D eigenvalue weighted by Crippen LogP contribution is -2.35. The van der Waals surface area contributed by atoms with Gasteiger partial charge in [0.05, 0.1) is 0 Å². The zero-order chi connectivity index (χ0) is 12.8. The summed E-state index contributed by atoms with van der Waals surface area (Å²) in [6.07, 6.45) is 1.49. The number of phenols is 2. The molecule has 5 heteroatoms. The fourth-order valence-electron chi connectivity index (χ4n) is 1.57. The highest BCUT2D eigenvalue weighted by atomic mass is 16.3. The predicted molar refractivity (Wildman–Crippen MR) is 65.0 cm³/mol. The second kappa shape index (κ2) is 6.10. The molecule has 0 radical (unpaired) electrons. The Morgan fingerprint density at radius 2 is 1.94 bits per heavy atom. The monoisotopic (exact) mass is 238 g/mol. The van der Waals surface area contributed by atoms with Crippen LogP contribution in [0.1, 0.15) is 30.1 Å². The molecule has 0 spiro atoms. The maximum absolute atomic E-state index is 11.8. The first-order valence-corrected chi connectivity index (χ1v) is 5.60. The summed E-state index contributed by atoms with van der Waals surface area (Å²) in [6.45, 7) is 2.46. The van der Waals surface area contributed by atoms with Crippen molar-refractivity contribution in [2.24, 2.45) is 5.73 Å². The molecule has 0 aromatic heterocycles. The summed E-state index contributed by atoms with van der Waals surface area (Å²) in [7, 11) is 0. The standard InChI is InChI=1S/C12H18N2O3/c1-2-9(3-4-13)14-12(17)8-5-10(15)7-11(16)6-8/h5-7,9,15-16H,2-4,13H2,1H3,(H,14,17). The van der Waals surface area contributed by atoms with Crippen molar-refractivity contribution in [1.82, 2.24) is 5.32 Å². The van der Waals surface area contributed by atoms with Gasteiger partial charge >= 0.3 is 0 Å². The highest BCUT2D eigenvalue weighted by Crippen LogP contribution is 2.20. The van der Waals surface area contributed by atoms with Crippen molar-refractivity contribution in [2.75, 3.05) is 6.54 Å². The van der Waals surface area contributed by atoms with E-state index in [1.54, 1.807) is 0 Å².